The molecule has 1 aromatic carbocycles. The van der Waals surface area contributed by atoms with E-state index in [4.69, 9.17) is 16.3 Å². The van der Waals surface area contributed by atoms with Gasteiger partial charge in [-0.2, -0.15) is 0 Å². The van der Waals surface area contributed by atoms with Crippen LogP contribution in [0.25, 0.3) is 0 Å². The summed E-state index contributed by atoms with van der Waals surface area (Å²) in [6.07, 6.45) is 2.15. The zero-order valence-corrected chi connectivity index (χ0v) is 14.5. The highest BCUT2D eigenvalue weighted by molar-refractivity contribution is 7.17. The largest absolute Gasteiger partial charge is 0.376 e. The molecule has 3 rings (SSSR count). The molecule has 2 aromatic rings. The van der Waals surface area contributed by atoms with Crippen LogP contribution in [0.15, 0.2) is 42.5 Å². The number of piperidine rings is 1. The number of carbonyl (C=O) groups is 1. The zero-order chi connectivity index (χ0) is 16.1. The Balaban J connectivity index is 1.49. The van der Waals surface area contributed by atoms with E-state index in [2.05, 4.69) is 12.1 Å². The maximum Gasteiger partial charge on any atom is 0.263 e. The first kappa shape index (κ1) is 16.5. The molecule has 0 spiro atoms. The number of thiophene rings is 1. The van der Waals surface area contributed by atoms with Crippen molar-refractivity contribution < 1.29 is 9.53 Å². The Labute approximate surface area is 145 Å². The lowest BCUT2D eigenvalue weighted by molar-refractivity contribution is 0.0428. The molecule has 122 valence electrons. The topological polar surface area (TPSA) is 29.5 Å². The summed E-state index contributed by atoms with van der Waals surface area (Å²) in [5, 5.41) is 0. The van der Waals surface area contributed by atoms with Crippen LogP contribution in [-0.4, -0.2) is 30.5 Å². The van der Waals surface area contributed by atoms with Crippen molar-refractivity contribution in [2.45, 2.75) is 19.4 Å². The molecule has 1 fully saturated rings. The van der Waals surface area contributed by atoms with Gasteiger partial charge >= 0.3 is 0 Å². The van der Waals surface area contributed by atoms with Crippen LogP contribution in [0.1, 0.15) is 28.1 Å². The van der Waals surface area contributed by atoms with E-state index in [1.54, 1.807) is 6.07 Å². The van der Waals surface area contributed by atoms with Crippen molar-refractivity contribution in [3.8, 4) is 0 Å². The maximum atomic E-state index is 12.5. The molecule has 0 bridgehead atoms. The number of ether oxygens (including phenoxy) is 1. The Morgan fingerprint density at radius 1 is 1.26 bits per heavy atom. The van der Waals surface area contributed by atoms with Crippen LogP contribution >= 0.6 is 22.9 Å². The average molecular weight is 350 g/mol. The van der Waals surface area contributed by atoms with Gasteiger partial charge in [-0.05, 0) is 36.5 Å². The average Bonchev–Trinajstić information content (AvgIpc) is 3.02. The van der Waals surface area contributed by atoms with Gasteiger partial charge in [0.1, 0.15) is 0 Å². The van der Waals surface area contributed by atoms with Crippen molar-refractivity contribution >= 4 is 28.8 Å². The standard InChI is InChI=1S/C18H20ClNO2S/c19-17-9-8-16(23-17)18(21)20-10-4-7-15(11-20)13-22-12-14-5-2-1-3-6-14/h1-3,5-6,8-9,15H,4,7,10-13H2. The first-order valence-electron chi connectivity index (χ1n) is 7.88. The molecule has 0 N–H and O–H groups in total. The van der Waals surface area contributed by atoms with E-state index in [0.29, 0.717) is 23.5 Å². The van der Waals surface area contributed by atoms with Crippen LogP contribution in [0, 0.1) is 5.92 Å². The fraction of sp³-hybridized carbons (Fsp3) is 0.389. The summed E-state index contributed by atoms with van der Waals surface area (Å²) in [6.45, 7) is 2.92. The van der Waals surface area contributed by atoms with Crippen LogP contribution < -0.4 is 0 Å². The molecule has 1 atom stereocenters. The van der Waals surface area contributed by atoms with E-state index >= 15 is 0 Å². The third-order valence-corrected chi connectivity index (χ3v) is 5.27. The number of hydrogen-bond donors (Lipinski definition) is 0. The van der Waals surface area contributed by atoms with Crippen molar-refractivity contribution in [2.75, 3.05) is 19.7 Å². The predicted octanol–water partition coefficient (Wildman–Crippen LogP) is 4.47. The molecule has 0 saturated carbocycles. The van der Waals surface area contributed by atoms with Crippen LogP contribution in [-0.2, 0) is 11.3 Å². The molecule has 1 saturated heterocycles. The van der Waals surface area contributed by atoms with Gasteiger partial charge in [-0.25, -0.2) is 0 Å². The number of carbonyl (C=O) groups excluding carboxylic acids is 1. The Kier molecular flexibility index (Phi) is 5.70. The number of nitrogens with zero attached hydrogens (tertiary/aromatic N) is 1. The molecular weight excluding hydrogens is 330 g/mol. The second-order valence-electron chi connectivity index (χ2n) is 5.86. The SMILES string of the molecule is O=C(c1ccc(Cl)s1)N1CCCC(COCc2ccccc2)C1. The van der Waals surface area contributed by atoms with E-state index in [0.717, 1.165) is 30.8 Å². The van der Waals surface area contributed by atoms with Gasteiger partial charge in [0.05, 0.1) is 22.4 Å². The van der Waals surface area contributed by atoms with Gasteiger partial charge in [0.25, 0.3) is 5.91 Å². The highest BCUT2D eigenvalue weighted by Crippen LogP contribution is 2.25. The lowest BCUT2D eigenvalue weighted by Gasteiger charge is -2.32. The first-order valence-corrected chi connectivity index (χ1v) is 9.08. The minimum Gasteiger partial charge on any atom is -0.376 e. The first-order chi connectivity index (χ1) is 11.2. The molecule has 0 radical (unpaired) electrons. The number of likely N-dealkylation sites (tertiary alicyclic amines) is 1. The van der Waals surface area contributed by atoms with Crippen molar-refractivity contribution in [1.82, 2.24) is 4.90 Å². The summed E-state index contributed by atoms with van der Waals surface area (Å²) in [5.74, 6) is 0.501. The lowest BCUT2D eigenvalue weighted by atomic mass is 9.99. The Bertz CT molecular complexity index is 643. The van der Waals surface area contributed by atoms with E-state index < -0.39 is 0 Å². The molecule has 2 heterocycles. The summed E-state index contributed by atoms with van der Waals surface area (Å²) < 4.78 is 6.50. The fourth-order valence-corrected chi connectivity index (χ4v) is 3.90. The summed E-state index contributed by atoms with van der Waals surface area (Å²) >= 11 is 7.28. The minimum absolute atomic E-state index is 0.0923. The van der Waals surface area contributed by atoms with Gasteiger partial charge in [0, 0.05) is 13.1 Å². The number of benzene rings is 1. The zero-order valence-electron chi connectivity index (χ0n) is 12.9. The molecule has 1 aromatic heterocycles. The van der Waals surface area contributed by atoms with Crippen molar-refractivity contribution in [3.63, 3.8) is 0 Å². The van der Waals surface area contributed by atoms with Crippen LogP contribution in [0.3, 0.4) is 0 Å². The highest BCUT2D eigenvalue weighted by Gasteiger charge is 2.25. The van der Waals surface area contributed by atoms with Gasteiger partial charge in [-0.3, -0.25) is 4.79 Å². The van der Waals surface area contributed by atoms with Crippen LogP contribution in [0.4, 0.5) is 0 Å². The molecular formula is C18H20ClNO2S. The molecule has 1 aliphatic rings. The van der Waals surface area contributed by atoms with Crippen LogP contribution in [0.5, 0.6) is 0 Å². The number of amides is 1. The Morgan fingerprint density at radius 3 is 2.83 bits per heavy atom. The smallest absolute Gasteiger partial charge is 0.263 e. The van der Waals surface area contributed by atoms with Gasteiger partial charge in [0.15, 0.2) is 0 Å². The van der Waals surface area contributed by atoms with Crippen molar-refractivity contribution in [1.29, 1.82) is 0 Å². The quantitative estimate of drug-likeness (QED) is 0.797. The number of rotatable bonds is 5. The Hall–Kier alpha value is -1.36. The Morgan fingerprint density at radius 2 is 2.09 bits per heavy atom. The van der Waals surface area contributed by atoms with E-state index in [9.17, 15) is 4.79 Å². The lowest BCUT2D eigenvalue weighted by Crippen LogP contribution is -2.40. The second-order valence-corrected chi connectivity index (χ2v) is 7.58. The summed E-state index contributed by atoms with van der Waals surface area (Å²) in [5.41, 5.74) is 1.18. The molecule has 5 heteroatoms. The molecule has 1 amide bonds. The fourth-order valence-electron chi connectivity index (χ4n) is 2.89. The summed E-state index contributed by atoms with van der Waals surface area (Å²) in [4.78, 5) is 15.1. The van der Waals surface area contributed by atoms with Crippen LogP contribution in [0.2, 0.25) is 4.34 Å². The summed E-state index contributed by atoms with van der Waals surface area (Å²) in [7, 11) is 0. The maximum absolute atomic E-state index is 12.5. The van der Waals surface area contributed by atoms with Gasteiger partial charge in [-0.15, -0.1) is 11.3 Å². The highest BCUT2D eigenvalue weighted by atomic mass is 35.5. The van der Waals surface area contributed by atoms with Crippen molar-refractivity contribution in [2.24, 2.45) is 5.92 Å². The summed E-state index contributed by atoms with van der Waals surface area (Å²) in [6, 6.07) is 13.8. The molecule has 1 aliphatic heterocycles. The van der Waals surface area contributed by atoms with Gasteiger partial charge in [0.2, 0.25) is 0 Å². The normalized spacial score (nSPS) is 18.1. The molecule has 1 unspecified atom stereocenters. The second kappa shape index (κ2) is 7.95. The molecule has 3 nitrogen and oxygen atoms in total. The number of halogens is 1. The van der Waals surface area contributed by atoms with Crippen molar-refractivity contribution in [3.05, 3.63) is 57.2 Å². The van der Waals surface area contributed by atoms with E-state index in [1.165, 1.54) is 16.9 Å². The van der Waals surface area contributed by atoms with E-state index in [1.807, 2.05) is 29.2 Å². The monoisotopic (exact) mass is 349 g/mol. The minimum atomic E-state index is 0.0923. The van der Waals surface area contributed by atoms with Gasteiger partial charge in [-0.1, -0.05) is 41.9 Å². The van der Waals surface area contributed by atoms with Gasteiger partial charge < -0.3 is 9.64 Å². The predicted molar refractivity (Wildman–Crippen MR) is 94.1 cm³/mol. The number of hydrogen-bond acceptors (Lipinski definition) is 3. The van der Waals surface area contributed by atoms with E-state index in [-0.39, 0.29) is 5.91 Å². The molecule has 23 heavy (non-hydrogen) atoms. The molecule has 0 aliphatic carbocycles. The third-order valence-electron chi connectivity index (χ3n) is 4.06. The third kappa shape index (κ3) is 4.56.